The number of nitrogens with zero attached hydrogens (tertiary/aromatic N) is 2. The molecule has 0 radical (unpaired) electrons. The first kappa shape index (κ1) is 12.6. The van der Waals surface area contributed by atoms with Crippen LogP contribution in [-0.4, -0.2) is 22.4 Å². The zero-order valence-electron chi connectivity index (χ0n) is 11.2. The highest BCUT2D eigenvalue weighted by Gasteiger charge is 2.22. The molecule has 1 saturated carbocycles. The van der Waals surface area contributed by atoms with Crippen molar-refractivity contribution < 1.29 is 0 Å². The van der Waals surface area contributed by atoms with Gasteiger partial charge in [0.15, 0.2) is 0 Å². The fourth-order valence-corrected chi connectivity index (χ4v) is 2.88. The predicted molar refractivity (Wildman–Crippen MR) is 71.0 cm³/mol. The third-order valence-electron chi connectivity index (χ3n) is 3.73. The van der Waals surface area contributed by atoms with Crippen molar-refractivity contribution in [2.75, 3.05) is 6.54 Å². The van der Waals surface area contributed by atoms with Gasteiger partial charge >= 0.3 is 0 Å². The fraction of sp³-hybridized carbons (Fsp3) is 0.786. The molecule has 96 valence electrons. The normalized spacial score (nSPS) is 25.1. The summed E-state index contributed by atoms with van der Waals surface area (Å²) in [7, 11) is 2.00. The highest BCUT2D eigenvalue weighted by molar-refractivity contribution is 5.00. The Morgan fingerprint density at radius 3 is 3.06 bits per heavy atom. The molecule has 0 amide bonds. The highest BCUT2D eigenvalue weighted by Crippen LogP contribution is 2.26. The van der Waals surface area contributed by atoms with E-state index in [0.717, 1.165) is 18.4 Å². The monoisotopic (exact) mass is 235 g/mol. The van der Waals surface area contributed by atoms with Crippen LogP contribution in [0.3, 0.4) is 0 Å². The number of nitrogens with one attached hydrogen (secondary N) is 1. The largest absolute Gasteiger partial charge is 0.314 e. The van der Waals surface area contributed by atoms with Crippen LogP contribution in [0.5, 0.6) is 0 Å². The summed E-state index contributed by atoms with van der Waals surface area (Å²) in [6.07, 6.45) is 9.88. The number of rotatable bonds is 5. The first-order valence-electron chi connectivity index (χ1n) is 7.00. The van der Waals surface area contributed by atoms with E-state index in [2.05, 4.69) is 23.4 Å². The molecule has 2 atom stereocenters. The SMILES string of the molecule is CCCNC1CCCC(Cc2ccn(C)n2)C1. The van der Waals surface area contributed by atoms with Crippen molar-refractivity contribution in [3.63, 3.8) is 0 Å². The lowest BCUT2D eigenvalue weighted by Gasteiger charge is -2.29. The zero-order chi connectivity index (χ0) is 12.1. The van der Waals surface area contributed by atoms with Crippen LogP contribution in [0, 0.1) is 5.92 Å². The van der Waals surface area contributed by atoms with E-state index in [1.807, 2.05) is 17.9 Å². The lowest BCUT2D eigenvalue weighted by molar-refractivity contribution is 0.283. The molecule has 17 heavy (non-hydrogen) atoms. The van der Waals surface area contributed by atoms with Crippen molar-refractivity contribution in [3.05, 3.63) is 18.0 Å². The van der Waals surface area contributed by atoms with Gasteiger partial charge < -0.3 is 5.32 Å². The second-order valence-corrected chi connectivity index (χ2v) is 5.37. The molecule has 1 fully saturated rings. The standard InChI is InChI=1S/C14H25N3/c1-3-8-15-13-6-4-5-12(10-13)11-14-7-9-17(2)16-14/h7,9,12-13,15H,3-6,8,10-11H2,1-2H3. The van der Waals surface area contributed by atoms with E-state index in [4.69, 9.17) is 0 Å². The van der Waals surface area contributed by atoms with Crippen LogP contribution in [0.15, 0.2) is 12.3 Å². The molecular weight excluding hydrogens is 210 g/mol. The van der Waals surface area contributed by atoms with Gasteiger partial charge in [0.25, 0.3) is 0 Å². The van der Waals surface area contributed by atoms with Crippen LogP contribution in [0.1, 0.15) is 44.7 Å². The second-order valence-electron chi connectivity index (χ2n) is 5.37. The number of aryl methyl sites for hydroxylation is 1. The summed E-state index contributed by atoms with van der Waals surface area (Å²) in [5.74, 6) is 0.827. The maximum Gasteiger partial charge on any atom is 0.0627 e. The first-order chi connectivity index (χ1) is 8.28. The van der Waals surface area contributed by atoms with Crippen LogP contribution >= 0.6 is 0 Å². The minimum absolute atomic E-state index is 0.748. The van der Waals surface area contributed by atoms with E-state index in [1.165, 1.54) is 44.3 Å². The van der Waals surface area contributed by atoms with E-state index in [1.54, 1.807) is 0 Å². The summed E-state index contributed by atoms with van der Waals surface area (Å²) in [4.78, 5) is 0. The molecule has 3 heteroatoms. The van der Waals surface area contributed by atoms with Crippen LogP contribution in [0.25, 0.3) is 0 Å². The third kappa shape index (κ3) is 3.84. The number of hydrogen-bond donors (Lipinski definition) is 1. The Bertz CT molecular complexity index is 332. The molecule has 0 aliphatic heterocycles. The summed E-state index contributed by atoms with van der Waals surface area (Å²) < 4.78 is 1.91. The molecule has 1 heterocycles. The molecule has 1 N–H and O–H groups in total. The molecule has 2 unspecified atom stereocenters. The van der Waals surface area contributed by atoms with Crippen molar-refractivity contribution in [3.8, 4) is 0 Å². The maximum absolute atomic E-state index is 4.49. The van der Waals surface area contributed by atoms with Crippen molar-refractivity contribution in [2.45, 2.75) is 51.5 Å². The minimum atomic E-state index is 0.748. The van der Waals surface area contributed by atoms with Crippen molar-refractivity contribution in [1.29, 1.82) is 0 Å². The Balaban J connectivity index is 1.80. The van der Waals surface area contributed by atoms with Gasteiger partial charge in [-0.15, -0.1) is 0 Å². The average molecular weight is 235 g/mol. The highest BCUT2D eigenvalue weighted by atomic mass is 15.2. The average Bonchev–Trinajstić information content (AvgIpc) is 2.73. The molecule has 1 aromatic rings. The van der Waals surface area contributed by atoms with Gasteiger partial charge in [-0.3, -0.25) is 4.68 Å². The van der Waals surface area contributed by atoms with Crippen molar-refractivity contribution in [1.82, 2.24) is 15.1 Å². The molecule has 0 spiro atoms. The first-order valence-corrected chi connectivity index (χ1v) is 7.00. The van der Waals surface area contributed by atoms with Gasteiger partial charge in [-0.1, -0.05) is 13.3 Å². The van der Waals surface area contributed by atoms with E-state index in [0.29, 0.717) is 0 Å². The Hall–Kier alpha value is -0.830. The van der Waals surface area contributed by atoms with E-state index in [-0.39, 0.29) is 0 Å². The molecule has 2 rings (SSSR count). The number of hydrogen-bond acceptors (Lipinski definition) is 2. The van der Waals surface area contributed by atoms with Gasteiger partial charge in [0.2, 0.25) is 0 Å². The second kappa shape index (κ2) is 6.20. The zero-order valence-corrected chi connectivity index (χ0v) is 11.2. The van der Waals surface area contributed by atoms with E-state index >= 15 is 0 Å². The summed E-state index contributed by atoms with van der Waals surface area (Å²) in [6, 6.07) is 2.90. The summed E-state index contributed by atoms with van der Waals surface area (Å²) in [6.45, 7) is 3.40. The molecule has 0 saturated heterocycles. The topological polar surface area (TPSA) is 29.9 Å². The van der Waals surface area contributed by atoms with Crippen molar-refractivity contribution >= 4 is 0 Å². The summed E-state index contributed by atoms with van der Waals surface area (Å²) in [5.41, 5.74) is 1.26. The van der Waals surface area contributed by atoms with Crippen LogP contribution in [0.2, 0.25) is 0 Å². The van der Waals surface area contributed by atoms with Gasteiger partial charge in [-0.2, -0.15) is 5.10 Å². The number of aromatic nitrogens is 2. The Morgan fingerprint density at radius 2 is 2.35 bits per heavy atom. The molecule has 0 aromatic carbocycles. The third-order valence-corrected chi connectivity index (χ3v) is 3.73. The van der Waals surface area contributed by atoms with Crippen LogP contribution < -0.4 is 5.32 Å². The Labute approximate surface area is 105 Å². The maximum atomic E-state index is 4.49. The molecule has 1 aliphatic rings. The summed E-state index contributed by atoms with van der Waals surface area (Å²) in [5, 5.41) is 8.15. The molecule has 1 aliphatic carbocycles. The van der Waals surface area contributed by atoms with Crippen LogP contribution in [0.4, 0.5) is 0 Å². The molecule has 0 bridgehead atoms. The van der Waals surface area contributed by atoms with E-state index in [9.17, 15) is 0 Å². The van der Waals surface area contributed by atoms with E-state index < -0.39 is 0 Å². The molecule has 3 nitrogen and oxygen atoms in total. The Kier molecular flexibility index (Phi) is 4.60. The van der Waals surface area contributed by atoms with Gasteiger partial charge in [-0.05, 0) is 50.6 Å². The lowest BCUT2D eigenvalue weighted by Crippen LogP contribution is -2.35. The van der Waals surface area contributed by atoms with Gasteiger partial charge in [0, 0.05) is 19.3 Å². The van der Waals surface area contributed by atoms with Crippen LogP contribution in [-0.2, 0) is 13.5 Å². The molecule has 1 aromatic heterocycles. The predicted octanol–water partition coefficient (Wildman–Crippen LogP) is 2.52. The Morgan fingerprint density at radius 1 is 1.47 bits per heavy atom. The van der Waals surface area contributed by atoms with Gasteiger partial charge in [0.05, 0.1) is 5.69 Å². The smallest absolute Gasteiger partial charge is 0.0627 e. The minimum Gasteiger partial charge on any atom is -0.314 e. The molecular formula is C14H25N3. The summed E-state index contributed by atoms with van der Waals surface area (Å²) >= 11 is 0. The van der Waals surface area contributed by atoms with Gasteiger partial charge in [0.1, 0.15) is 0 Å². The van der Waals surface area contributed by atoms with Gasteiger partial charge in [-0.25, -0.2) is 0 Å². The van der Waals surface area contributed by atoms with Crippen molar-refractivity contribution in [2.24, 2.45) is 13.0 Å². The lowest BCUT2D eigenvalue weighted by atomic mass is 9.83. The quantitative estimate of drug-likeness (QED) is 0.850. The fourth-order valence-electron chi connectivity index (χ4n) is 2.88.